The van der Waals surface area contributed by atoms with Gasteiger partial charge in [-0.1, -0.05) is 22.9 Å². The van der Waals surface area contributed by atoms with Gasteiger partial charge in [-0.15, -0.1) is 0 Å². The Morgan fingerprint density at radius 3 is 2.92 bits per heavy atom. The molecule has 1 amide bonds. The molecule has 0 spiro atoms. The van der Waals surface area contributed by atoms with Crippen LogP contribution >= 0.6 is 15.9 Å². The van der Waals surface area contributed by atoms with Crippen LogP contribution in [-0.4, -0.2) is 29.0 Å². The van der Waals surface area contributed by atoms with Gasteiger partial charge in [0.2, 0.25) is 0 Å². The van der Waals surface area contributed by atoms with E-state index in [1.54, 1.807) is 6.07 Å². The minimum atomic E-state index is -0.217. The molecule has 1 aromatic carbocycles. The zero-order valence-electron chi connectivity index (χ0n) is 13.9. The molecule has 1 N–H and O–H groups in total. The molecule has 2 heterocycles. The smallest absolute Gasteiger partial charge is 0.274 e. The molecular weight excluding hydrogens is 368 g/mol. The molecule has 1 saturated heterocycles. The predicted octanol–water partition coefficient (Wildman–Crippen LogP) is 4.04. The minimum absolute atomic E-state index is 0.217. The van der Waals surface area contributed by atoms with Crippen molar-refractivity contribution in [1.29, 1.82) is 0 Å². The second kappa shape index (κ2) is 7.30. The number of piperidine rings is 1. The normalized spacial score (nSPS) is 17.6. The molecular formula is C18H21BrN4O. The highest BCUT2D eigenvalue weighted by Crippen LogP contribution is 2.22. The second-order valence-corrected chi connectivity index (χ2v) is 7.23. The Labute approximate surface area is 150 Å². The Kier molecular flexibility index (Phi) is 5.14. The van der Waals surface area contributed by atoms with E-state index in [4.69, 9.17) is 0 Å². The van der Waals surface area contributed by atoms with Gasteiger partial charge < -0.3 is 10.2 Å². The maximum Gasteiger partial charge on any atom is 0.274 e. The number of rotatable bonds is 3. The molecule has 126 valence electrons. The average molecular weight is 389 g/mol. The fourth-order valence-electron chi connectivity index (χ4n) is 2.96. The van der Waals surface area contributed by atoms with E-state index < -0.39 is 0 Å². The highest BCUT2D eigenvalue weighted by atomic mass is 79.9. The van der Waals surface area contributed by atoms with Crippen molar-refractivity contribution in [3.8, 4) is 0 Å². The lowest BCUT2D eigenvalue weighted by Gasteiger charge is -2.31. The molecule has 24 heavy (non-hydrogen) atoms. The number of carbonyl (C=O) groups is 1. The van der Waals surface area contributed by atoms with Gasteiger partial charge in [-0.2, -0.15) is 0 Å². The zero-order chi connectivity index (χ0) is 17.1. The first-order chi connectivity index (χ1) is 11.5. The fourth-order valence-corrected chi connectivity index (χ4v) is 3.21. The van der Waals surface area contributed by atoms with E-state index in [1.165, 1.54) is 12.7 Å². The van der Waals surface area contributed by atoms with Gasteiger partial charge >= 0.3 is 0 Å². The summed E-state index contributed by atoms with van der Waals surface area (Å²) in [5.41, 5.74) is 2.21. The fraction of sp³-hybridized carbons (Fsp3) is 0.389. The number of carbonyl (C=O) groups excluding carboxylic acids is 1. The monoisotopic (exact) mass is 388 g/mol. The zero-order valence-corrected chi connectivity index (χ0v) is 15.5. The first-order valence-electron chi connectivity index (χ1n) is 8.17. The third-order valence-electron chi connectivity index (χ3n) is 4.28. The maximum absolute atomic E-state index is 12.5. The summed E-state index contributed by atoms with van der Waals surface area (Å²) in [6, 6.07) is 7.49. The molecule has 1 aromatic heterocycles. The summed E-state index contributed by atoms with van der Waals surface area (Å²) in [4.78, 5) is 23.2. The summed E-state index contributed by atoms with van der Waals surface area (Å²) in [7, 11) is 0. The Hall–Kier alpha value is -1.95. The van der Waals surface area contributed by atoms with Crippen LogP contribution in [0.5, 0.6) is 0 Å². The topological polar surface area (TPSA) is 58.1 Å². The van der Waals surface area contributed by atoms with Crippen molar-refractivity contribution in [3.05, 3.63) is 46.3 Å². The number of hydrogen-bond donors (Lipinski definition) is 1. The Balaban J connectivity index is 1.75. The van der Waals surface area contributed by atoms with Crippen molar-refractivity contribution in [2.75, 3.05) is 23.3 Å². The van der Waals surface area contributed by atoms with E-state index in [1.807, 2.05) is 25.1 Å². The van der Waals surface area contributed by atoms with Gasteiger partial charge in [-0.3, -0.25) is 4.79 Å². The Morgan fingerprint density at radius 2 is 2.17 bits per heavy atom. The standard InChI is InChI=1S/C18H21BrN4O/c1-12-4-3-7-23(10-12)17-9-16(20-11-21-17)18(24)22-14-5-6-15(19)13(2)8-14/h5-6,8-9,11-12H,3-4,7,10H2,1-2H3,(H,22,24). The van der Waals surface area contributed by atoms with E-state index in [0.717, 1.165) is 41.1 Å². The molecule has 0 radical (unpaired) electrons. The number of amides is 1. The number of aryl methyl sites for hydroxylation is 1. The number of hydrogen-bond acceptors (Lipinski definition) is 4. The lowest BCUT2D eigenvalue weighted by molar-refractivity contribution is 0.102. The quantitative estimate of drug-likeness (QED) is 0.861. The van der Waals surface area contributed by atoms with Crippen molar-refractivity contribution >= 4 is 33.3 Å². The first-order valence-corrected chi connectivity index (χ1v) is 8.97. The first kappa shape index (κ1) is 16.9. The summed E-state index contributed by atoms with van der Waals surface area (Å²) in [6.07, 6.45) is 3.87. The van der Waals surface area contributed by atoms with Gasteiger partial charge in [-0.05, 0) is 49.4 Å². The number of nitrogens with one attached hydrogen (secondary N) is 1. The summed E-state index contributed by atoms with van der Waals surface area (Å²) in [5, 5.41) is 2.90. The molecule has 0 bridgehead atoms. The average Bonchev–Trinajstić information content (AvgIpc) is 2.58. The van der Waals surface area contributed by atoms with Crippen molar-refractivity contribution in [2.45, 2.75) is 26.7 Å². The molecule has 0 aliphatic carbocycles. The number of halogens is 1. The Morgan fingerprint density at radius 1 is 1.33 bits per heavy atom. The van der Waals surface area contributed by atoms with E-state index in [-0.39, 0.29) is 5.91 Å². The van der Waals surface area contributed by atoms with Crippen molar-refractivity contribution < 1.29 is 4.79 Å². The summed E-state index contributed by atoms with van der Waals surface area (Å²) in [6.45, 7) is 6.19. The molecule has 1 fully saturated rings. The maximum atomic E-state index is 12.5. The number of benzene rings is 1. The van der Waals surface area contributed by atoms with Crippen molar-refractivity contribution in [3.63, 3.8) is 0 Å². The van der Waals surface area contributed by atoms with Crippen LogP contribution < -0.4 is 10.2 Å². The van der Waals surface area contributed by atoms with Crippen LogP contribution in [0.2, 0.25) is 0 Å². The van der Waals surface area contributed by atoms with Crippen LogP contribution in [0.4, 0.5) is 11.5 Å². The van der Waals surface area contributed by atoms with Crippen molar-refractivity contribution in [2.24, 2.45) is 5.92 Å². The molecule has 1 atom stereocenters. The summed E-state index contributed by atoms with van der Waals surface area (Å²) >= 11 is 3.46. The molecule has 6 heteroatoms. The largest absolute Gasteiger partial charge is 0.356 e. The van der Waals surface area contributed by atoms with Gasteiger partial charge in [0.15, 0.2) is 0 Å². The number of aromatic nitrogens is 2. The second-order valence-electron chi connectivity index (χ2n) is 6.37. The molecule has 1 aliphatic rings. The van der Waals surface area contributed by atoms with E-state index in [2.05, 4.69) is 43.0 Å². The molecule has 5 nitrogen and oxygen atoms in total. The summed E-state index contributed by atoms with van der Waals surface area (Å²) < 4.78 is 1.02. The van der Waals surface area contributed by atoms with Gasteiger partial charge in [0.1, 0.15) is 17.8 Å². The van der Waals surface area contributed by atoms with Gasteiger partial charge in [0.05, 0.1) is 0 Å². The van der Waals surface area contributed by atoms with Crippen LogP contribution in [0.3, 0.4) is 0 Å². The molecule has 1 unspecified atom stereocenters. The Bertz CT molecular complexity index is 750. The summed E-state index contributed by atoms with van der Waals surface area (Å²) in [5.74, 6) is 1.26. The predicted molar refractivity (Wildman–Crippen MR) is 99.5 cm³/mol. The molecule has 3 rings (SSSR count). The van der Waals surface area contributed by atoms with Crippen LogP contribution in [0.25, 0.3) is 0 Å². The van der Waals surface area contributed by atoms with Gasteiger partial charge in [0, 0.05) is 29.3 Å². The SMILES string of the molecule is Cc1cc(NC(=O)c2cc(N3CCCC(C)C3)ncn2)ccc1Br. The van der Waals surface area contributed by atoms with Gasteiger partial charge in [-0.25, -0.2) is 9.97 Å². The minimum Gasteiger partial charge on any atom is -0.356 e. The third kappa shape index (κ3) is 3.93. The lowest BCUT2D eigenvalue weighted by atomic mass is 10.0. The van der Waals surface area contributed by atoms with E-state index >= 15 is 0 Å². The van der Waals surface area contributed by atoms with Crippen LogP contribution in [0, 0.1) is 12.8 Å². The molecule has 1 aliphatic heterocycles. The van der Waals surface area contributed by atoms with Crippen LogP contribution in [0.15, 0.2) is 35.1 Å². The number of nitrogens with zero attached hydrogens (tertiary/aromatic N) is 3. The molecule has 0 saturated carbocycles. The van der Waals surface area contributed by atoms with Crippen molar-refractivity contribution in [1.82, 2.24) is 9.97 Å². The highest BCUT2D eigenvalue weighted by molar-refractivity contribution is 9.10. The van der Waals surface area contributed by atoms with E-state index in [9.17, 15) is 4.79 Å². The van der Waals surface area contributed by atoms with Crippen LogP contribution in [-0.2, 0) is 0 Å². The number of anilines is 2. The van der Waals surface area contributed by atoms with Crippen LogP contribution in [0.1, 0.15) is 35.8 Å². The van der Waals surface area contributed by atoms with E-state index in [0.29, 0.717) is 11.6 Å². The highest BCUT2D eigenvalue weighted by Gasteiger charge is 2.19. The molecule has 2 aromatic rings. The third-order valence-corrected chi connectivity index (χ3v) is 5.17. The van der Waals surface area contributed by atoms with Gasteiger partial charge in [0.25, 0.3) is 5.91 Å². The lowest BCUT2D eigenvalue weighted by Crippen LogP contribution is -2.35.